The number of furan rings is 1. The van der Waals surface area contributed by atoms with Crippen molar-refractivity contribution in [1.82, 2.24) is 9.78 Å². The molecule has 5 nitrogen and oxygen atoms in total. The zero-order valence-electron chi connectivity index (χ0n) is 11.1. The fraction of sp³-hybridized carbons (Fsp3) is 0.0667. The first-order valence-electron chi connectivity index (χ1n) is 6.20. The summed E-state index contributed by atoms with van der Waals surface area (Å²) in [6.07, 6.45) is 1.48. The van der Waals surface area contributed by atoms with Crippen molar-refractivity contribution in [3.8, 4) is 17.1 Å². The Morgan fingerprint density at radius 3 is 2.52 bits per heavy atom. The molecule has 0 aliphatic carbocycles. The van der Waals surface area contributed by atoms with Gasteiger partial charge >= 0.3 is 5.97 Å². The largest absolute Gasteiger partial charge is 0.478 e. The van der Waals surface area contributed by atoms with Crippen LogP contribution in [0.15, 0.2) is 51.5 Å². The molecular weight excluding hydrogens is 336 g/mol. The van der Waals surface area contributed by atoms with Crippen LogP contribution in [0.4, 0.5) is 0 Å². The van der Waals surface area contributed by atoms with Crippen LogP contribution in [0.1, 0.15) is 16.1 Å². The zero-order valence-corrected chi connectivity index (χ0v) is 12.7. The molecule has 0 saturated heterocycles. The van der Waals surface area contributed by atoms with Crippen molar-refractivity contribution in [2.24, 2.45) is 0 Å². The van der Waals surface area contributed by atoms with Gasteiger partial charge in [-0.15, -0.1) is 0 Å². The Bertz CT molecular complexity index is 803. The van der Waals surface area contributed by atoms with Gasteiger partial charge in [0, 0.05) is 10.7 Å². The van der Waals surface area contributed by atoms with E-state index in [4.69, 9.17) is 4.42 Å². The number of halogens is 1. The molecule has 3 rings (SSSR count). The molecule has 0 saturated carbocycles. The Morgan fingerprint density at radius 2 is 1.95 bits per heavy atom. The number of hydrogen-bond donors (Lipinski definition) is 1. The van der Waals surface area contributed by atoms with Crippen molar-refractivity contribution in [3.05, 3.63) is 58.4 Å². The lowest BCUT2D eigenvalue weighted by atomic mass is 10.2. The molecular formula is C15H11BrN2O3. The summed E-state index contributed by atoms with van der Waals surface area (Å²) in [5.41, 5.74) is 1.20. The highest BCUT2D eigenvalue weighted by molar-refractivity contribution is 9.10. The molecule has 6 heteroatoms. The monoisotopic (exact) mass is 346 g/mol. The van der Waals surface area contributed by atoms with Crippen LogP contribution in [0.2, 0.25) is 0 Å². The summed E-state index contributed by atoms with van der Waals surface area (Å²) in [6, 6.07) is 10.9. The first-order chi connectivity index (χ1) is 10.0. The highest BCUT2D eigenvalue weighted by Crippen LogP contribution is 2.26. The van der Waals surface area contributed by atoms with Crippen molar-refractivity contribution in [1.29, 1.82) is 0 Å². The molecule has 0 radical (unpaired) electrons. The van der Waals surface area contributed by atoms with E-state index in [9.17, 15) is 9.90 Å². The third-order valence-corrected chi connectivity index (χ3v) is 3.54. The first kappa shape index (κ1) is 13.6. The molecule has 0 amide bonds. The topological polar surface area (TPSA) is 68.3 Å². The smallest absolute Gasteiger partial charge is 0.339 e. The number of carbonyl (C=O) groups is 1. The number of aromatic nitrogens is 2. The highest BCUT2D eigenvalue weighted by atomic mass is 79.9. The molecule has 2 heterocycles. The number of rotatable bonds is 3. The second kappa shape index (κ2) is 5.21. The second-order valence-corrected chi connectivity index (χ2v) is 5.44. The van der Waals surface area contributed by atoms with Gasteiger partial charge in [0.05, 0.1) is 5.69 Å². The third kappa shape index (κ3) is 2.62. The predicted molar refractivity (Wildman–Crippen MR) is 80.7 cm³/mol. The zero-order chi connectivity index (χ0) is 15.0. The number of hydrogen-bond acceptors (Lipinski definition) is 3. The average Bonchev–Trinajstić information content (AvgIpc) is 3.05. The Morgan fingerprint density at radius 1 is 1.24 bits per heavy atom. The molecule has 0 unspecified atom stereocenters. The molecule has 0 atom stereocenters. The summed E-state index contributed by atoms with van der Waals surface area (Å²) in [6.45, 7) is 1.80. The van der Waals surface area contributed by atoms with Crippen LogP contribution in [-0.4, -0.2) is 20.9 Å². The van der Waals surface area contributed by atoms with Gasteiger partial charge in [0.2, 0.25) is 0 Å². The van der Waals surface area contributed by atoms with Gasteiger partial charge in [0.25, 0.3) is 0 Å². The summed E-state index contributed by atoms with van der Waals surface area (Å²) >= 11 is 3.36. The van der Waals surface area contributed by atoms with Gasteiger partial charge in [-0.1, -0.05) is 15.9 Å². The van der Waals surface area contributed by atoms with Crippen LogP contribution in [0.5, 0.6) is 0 Å². The molecule has 0 bridgehead atoms. The average molecular weight is 347 g/mol. The van der Waals surface area contributed by atoms with E-state index in [1.807, 2.05) is 24.3 Å². The lowest BCUT2D eigenvalue weighted by Crippen LogP contribution is -1.96. The van der Waals surface area contributed by atoms with Gasteiger partial charge in [0.1, 0.15) is 17.0 Å². The lowest BCUT2D eigenvalue weighted by molar-refractivity contribution is 0.0697. The highest BCUT2D eigenvalue weighted by Gasteiger charge is 2.20. The van der Waals surface area contributed by atoms with Crippen molar-refractivity contribution >= 4 is 21.9 Å². The molecule has 0 aliphatic heterocycles. The number of aromatic carboxylic acids is 1. The minimum atomic E-state index is -1.04. The number of benzene rings is 1. The van der Waals surface area contributed by atoms with E-state index < -0.39 is 5.97 Å². The van der Waals surface area contributed by atoms with Gasteiger partial charge in [-0.05, 0) is 43.3 Å². The molecule has 3 aromatic rings. The SMILES string of the molecule is Cc1ccc(-c2nn(-c3ccc(Br)cc3)cc2C(=O)O)o1. The van der Waals surface area contributed by atoms with E-state index in [-0.39, 0.29) is 5.56 Å². The summed E-state index contributed by atoms with van der Waals surface area (Å²) in [5.74, 6) is 0.114. The van der Waals surface area contributed by atoms with Gasteiger partial charge in [0.15, 0.2) is 5.76 Å². The Kier molecular flexibility index (Phi) is 3.39. The second-order valence-electron chi connectivity index (χ2n) is 4.53. The van der Waals surface area contributed by atoms with E-state index in [1.54, 1.807) is 19.1 Å². The van der Waals surface area contributed by atoms with Crippen molar-refractivity contribution in [2.75, 3.05) is 0 Å². The Hall–Kier alpha value is -2.34. The molecule has 0 spiro atoms. The summed E-state index contributed by atoms with van der Waals surface area (Å²) in [7, 11) is 0. The lowest BCUT2D eigenvalue weighted by Gasteiger charge is -2.00. The van der Waals surface area contributed by atoms with E-state index in [0.29, 0.717) is 17.2 Å². The normalized spacial score (nSPS) is 10.8. The van der Waals surface area contributed by atoms with Crippen LogP contribution in [0.3, 0.4) is 0 Å². The summed E-state index contributed by atoms with van der Waals surface area (Å²) in [4.78, 5) is 11.4. The van der Waals surface area contributed by atoms with Crippen LogP contribution in [0, 0.1) is 6.92 Å². The molecule has 1 aromatic carbocycles. The van der Waals surface area contributed by atoms with Crippen molar-refractivity contribution in [2.45, 2.75) is 6.92 Å². The maximum Gasteiger partial charge on any atom is 0.339 e. The predicted octanol–water partition coefficient (Wildman–Crippen LogP) is 3.90. The van der Waals surface area contributed by atoms with Crippen LogP contribution >= 0.6 is 15.9 Å². The fourth-order valence-electron chi connectivity index (χ4n) is 2.00. The third-order valence-electron chi connectivity index (χ3n) is 3.01. The fourth-order valence-corrected chi connectivity index (χ4v) is 2.26. The van der Waals surface area contributed by atoms with E-state index >= 15 is 0 Å². The maximum absolute atomic E-state index is 11.4. The maximum atomic E-state index is 11.4. The molecule has 0 aliphatic rings. The minimum absolute atomic E-state index is 0.104. The Balaban J connectivity index is 2.12. The Labute approximate surface area is 129 Å². The number of carboxylic acid groups (broad SMARTS) is 1. The molecule has 21 heavy (non-hydrogen) atoms. The molecule has 1 N–H and O–H groups in total. The minimum Gasteiger partial charge on any atom is -0.478 e. The number of aryl methyl sites for hydroxylation is 1. The van der Waals surface area contributed by atoms with E-state index in [1.165, 1.54) is 10.9 Å². The molecule has 2 aromatic heterocycles. The van der Waals surface area contributed by atoms with Crippen LogP contribution in [0.25, 0.3) is 17.1 Å². The standard InChI is InChI=1S/C15H11BrN2O3/c1-9-2-7-13(21-9)14-12(15(19)20)8-18(17-14)11-5-3-10(16)4-6-11/h2-8H,1H3,(H,19,20). The number of nitrogens with zero attached hydrogens (tertiary/aromatic N) is 2. The quantitative estimate of drug-likeness (QED) is 0.780. The first-order valence-corrected chi connectivity index (χ1v) is 6.99. The summed E-state index contributed by atoms with van der Waals surface area (Å²) < 4.78 is 7.96. The van der Waals surface area contributed by atoms with E-state index in [2.05, 4.69) is 21.0 Å². The van der Waals surface area contributed by atoms with Gasteiger partial charge in [-0.2, -0.15) is 5.10 Å². The van der Waals surface area contributed by atoms with Gasteiger partial charge in [-0.25, -0.2) is 9.48 Å². The molecule has 106 valence electrons. The number of carboxylic acids is 1. The van der Waals surface area contributed by atoms with E-state index in [0.717, 1.165) is 10.2 Å². The van der Waals surface area contributed by atoms with Crippen LogP contribution in [-0.2, 0) is 0 Å². The van der Waals surface area contributed by atoms with Crippen molar-refractivity contribution < 1.29 is 14.3 Å². The van der Waals surface area contributed by atoms with Crippen molar-refractivity contribution in [3.63, 3.8) is 0 Å². The summed E-state index contributed by atoms with van der Waals surface area (Å²) in [5, 5.41) is 13.7. The van der Waals surface area contributed by atoms with Gasteiger partial charge in [-0.3, -0.25) is 0 Å². The van der Waals surface area contributed by atoms with Crippen LogP contribution < -0.4 is 0 Å². The van der Waals surface area contributed by atoms with Gasteiger partial charge < -0.3 is 9.52 Å². The molecule has 0 fully saturated rings.